The lowest BCUT2D eigenvalue weighted by Crippen LogP contribution is -2.31. The number of amides is 2. The lowest BCUT2D eigenvalue weighted by atomic mass is 10.1. The van der Waals surface area contributed by atoms with Crippen molar-refractivity contribution < 1.29 is 9.53 Å². The molecule has 0 saturated heterocycles. The van der Waals surface area contributed by atoms with Crippen molar-refractivity contribution in [3.8, 4) is 16.8 Å². The van der Waals surface area contributed by atoms with Crippen LogP contribution in [0.3, 0.4) is 0 Å². The summed E-state index contributed by atoms with van der Waals surface area (Å²) in [7, 11) is 1.60. The van der Waals surface area contributed by atoms with Gasteiger partial charge in [-0.25, -0.2) is 9.48 Å². The number of fused-ring (bicyclic) bond motifs is 1. The van der Waals surface area contributed by atoms with E-state index < -0.39 is 0 Å². The Morgan fingerprint density at radius 3 is 2.77 bits per heavy atom. The van der Waals surface area contributed by atoms with Crippen LogP contribution in [-0.4, -0.2) is 41.1 Å². The highest BCUT2D eigenvalue weighted by Gasteiger charge is 2.10. The summed E-state index contributed by atoms with van der Waals surface area (Å²) in [5, 5.41) is 11.1. The summed E-state index contributed by atoms with van der Waals surface area (Å²) < 4.78 is 6.82. The summed E-state index contributed by atoms with van der Waals surface area (Å²) in [6, 6.07) is 14.2. The topological polar surface area (TPSA) is 84.0 Å². The molecule has 0 atom stereocenters. The largest absolute Gasteiger partial charge is 0.383 e. The lowest BCUT2D eigenvalue weighted by Gasteiger charge is -2.06. The van der Waals surface area contributed by atoms with E-state index in [0.717, 1.165) is 39.8 Å². The van der Waals surface area contributed by atoms with Crippen molar-refractivity contribution in [2.24, 2.45) is 0 Å². The molecule has 4 rings (SSSR count). The maximum atomic E-state index is 12.1. The van der Waals surface area contributed by atoms with Gasteiger partial charge in [-0.1, -0.05) is 25.1 Å². The number of ether oxygens (including phenoxy) is 1. The molecule has 154 valence electrons. The van der Waals surface area contributed by atoms with Gasteiger partial charge in [-0.05, 0) is 41.8 Å². The first-order chi connectivity index (χ1) is 14.7. The molecule has 7 heteroatoms. The Labute approximate surface area is 175 Å². The van der Waals surface area contributed by atoms with Crippen LogP contribution in [-0.2, 0) is 11.2 Å². The lowest BCUT2D eigenvalue weighted by molar-refractivity contribution is 0.198. The van der Waals surface area contributed by atoms with Crippen molar-refractivity contribution in [1.29, 1.82) is 0 Å². The normalized spacial score (nSPS) is 11.0. The minimum Gasteiger partial charge on any atom is -0.383 e. The zero-order valence-corrected chi connectivity index (χ0v) is 17.1. The molecule has 2 aromatic heterocycles. The third kappa shape index (κ3) is 4.21. The maximum Gasteiger partial charge on any atom is 0.319 e. The van der Waals surface area contributed by atoms with Gasteiger partial charge >= 0.3 is 6.03 Å². The number of nitrogens with zero attached hydrogens (tertiary/aromatic N) is 2. The van der Waals surface area contributed by atoms with Crippen LogP contribution in [0.25, 0.3) is 27.7 Å². The summed E-state index contributed by atoms with van der Waals surface area (Å²) in [6.07, 6.45) is 6.68. The monoisotopic (exact) mass is 403 g/mol. The van der Waals surface area contributed by atoms with Crippen LogP contribution in [0.4, 0.5) is 10.5 Å². The predicted octanol–water partition coefficient (Wildman–Crippen LogP) is 4.35. The Kier molecular flexibility index (Phi) is 5.81. The smallest absolute Gasteiger partial charge is 0.319 e. The minimum absolute atomic E-state index is 0.262. The third-order valence-corrected chi connectivity index (χ3v) is 5.05. The number of aromatic nitrogens is 3. The van der Waals surface area contributed by atoms with Crippen molar-refractivity contribution in [2.75, 3.05) is 25.6 Å². The van der Waals surface area contributed by atoms with Crippen LogP contribution in [0.15, 0.2) is 61.1 Å². The first-order valence-electron chi connectivity index (χ1n) is 9.97. The zero-order chi connectivity index (χ0) is 20.9. The number of urea groups is 1. The number of rotatable bonds is 7. The van der Waals surface area contributed by atoms with Crippen molar-refractivity contribution in [3.05, 3.63) is 66.6 Å². The molecule has 2 aromatic carbocycles. The molecule has 2 amide bonds. The molecule has 0 aliphatic rings. The minimum atomic E-state index is -0.262. The fraction of sp³-hybridized carbons (Fsp3) is 0.217. The number of hydrogen-bond acceptors (Lipinski definition) is 3. The highest BCUT2D eigenvalue weighted by Crippen LogP contribution is 2.29. The fourth-order valence-electron chi connectivity index (χ4n) is 3.33. The summed E-state index contributed by atoms with van der Waals surface area (Å²) in [6.45, 7) is 3.06. The number of methoxy groups -OCH3 is 1. The van der Waals surface area contributed by atoms with Gasteiger partial charge in [0.25, 0.3) is 0 Å². The van der Waals surface area contributed by atoms with Gasteiger partial charge in [0.15, 0.2) is 0 Å². The van der Waals surface area contributed by atoms with Crippen LogP contribution in [0, 0.1) is 0 Å². The summed E-state index contributed by atoms with van der Waals surface area (Å²) in [5.74, 6) is 0. The summed E-state index contributed by atoms with van der Waals surface area (Å²) in [4.78, 5) is 15.3. The fourth-order valence-corrected chi connectivity index (χ4v) is 3.33. The number of H-pyrrole nitrogens is 1. The Morgan fingerprint density at radius 1 is 1.17 bits per heavy atom. The number of nitrogens with one attached hydrogen (secondary N) is 3. The first kappa shape index (κ1) is 19.7. The number of benzene rings is 2. The number of aromatic amines is 1. The number of carbonyl (C=O) groups is 1. The third-order valence-electron chi connectivity index (χ3n) is 5.05. The average molecular weight is 403 g/mol. The number of anilines is 1. The van der Waals surface area contributed by atoms with Gasteiger partial charge < -0.3 is 20.4 Å². The second kappa shape index (κ2) is 8.84. The number of hydrogen-bond donors (Lipinski definition) is 3. The first-order valence-corrected chi connectivity index (χ1v) is 9.97. The zero-order valence-electron chi connectivity index (χ0n) is 17.1. The molecule has 0 spiro atoms. The molecule has 30 heavy (non-hydrogen) atoms. The molecular formula is C23H25N5O2. The summed E-state index contributed by atoms with van der Waals surface area (Å²) in [5.41, 5.74) is 6.04. The van der Waals surface area contributed by atoms with Crippen LogP contribution in [0.1, 0.15) is 12.5 Å². The predicted molar refractivity (Wildman–Crippen MR) is 119 cm³/mol. The van der Waals surface area contributed by atoms with Crippen LogP contribution >= 0.6 is 0 Å². The van der Waals surface area contributed by atoms with Gasteiger partial charge in [-0.15, -0.1) is 0 Å². The molecule has 0 fully saturated rings. The van der Waals surface area contributed by atoms with Gasteiger partial charge in [-0.2, -0.15) is 5.10 Å². The van der Waals surface area contributed by atoms with E-state index in [-0.39, 0.29) is 6.03 Å². The van der Waals surface area contributed by atoms with Crippen molar-refractivity contribution in [2.45, 2.75) is 13.3 Å². The van der Waals surface area contributed by atoms with Crippen molar-refractivity contribution in [3.63, 3.8) is 0 Å². The molecule has 0 bridgehead atoms. The molecule has 4 aromatic rings. The maximum absolute atomic E-state index is 12.1. The SMILES string of the molecule is CCc1ccc(-n2cc(-c3ccc4[nH]cc(NC(=O)NCCOC)c4c3)cn2)cc1. The van der Waals surface area contributed by atoms with E-state index in [4.69, 9.17) is 4.74 Å². The van der Waals surface area contributed by atoms with Crippen molar-refractivity contribution in [1.82, 2.24) is 20.1 Å². The average Bonchev–Trinajstić information content (AvgIpc) is 3.41. The van der Waals surface area contributed by atoms with E-state index in [9.17, 15) is 4.79 Å². The Balaban J connectivity index is 1.56. The molecule has 0 unspecified atom stereocenters. The van der Waals surface area contributed by atoms with Gasteiger partial charge in [0, 0.05) is 42.5 Å². The number of aryl methyl sites for hydroxylation is 1. The Bertz CT molecular complexity index is 1140. The van der Waals surface area contributed by atoms with E-state index in [1.165, 1.54) is 5.56 Å². The van der Waals surface area contributed by atoms with Gasteiger partial charge in [0.05, 0.1) is 24.2 Å². The molecule has 0 saturated carbocycles. The highest BCUT2D eigenvalue weighted by molar-refractivity contribution is 6.02. The van der Waals surface area contributed by atoms with Crippen LogP contribution in [0.2, 0.25) is 0 Å². The van der Waals surface area contributed by atoms with Gasteiger partial charge in [0.1, 0.15) is 0 Å². The van der Waals surface area contributed by atoms with Crippen LogP contribution in [0.5, 0.6) is 0 Å². The molecule has 0 radical (unpaired) electrons. The molecular weight excluding hydrogens is 378 g/mol. The number of carbonyl (C=O) groups excluding carboxylic acids is 1. The second-order valence-corrected chi connectivity index (χ2v) is 7.03. The Morgan fingerprint density at radius 2 is 2.00 bits per heavy atom. The van der Waals surface area contributed by atoms with E-state index in [0.29, 0.717) is 13.2 Å². The molecule has 0 aliphatic heterocycles. The van der Waals surface area contributed by atoms with E-state index >= 15 is 0 Å². The molecule has 7 nitrogen and oxygen atoms in total. The molecule has 3 N–H and O–H groups in total. The van der Waals surface area contributed by atoms with E-state index in [1.54, 1.807) is 13.3 Å². The van der Waals surface area contributed by atoms with Gasteiger partial charge in [0.2, 0.25) is 0 Å². The molecule has 2 heterocycles. The molecule has 0 aliphatic carbocycles. The van der Waals surface area contributed by atoms with Crippen LogP contribution < -0.4 is 10.6 Å². The Hall–Kier alpha value is -3.58. The quantitative estimate of drug-likeness (QED) is 0.401. The van der Waals surface area contributed by atoms with Crippen molar-refractivity contribution >= 4 is 22.6 Å². The van der Waals surface area contributed by atoms with Gasteiger partial charge in [-0.3, -0.25) is 0 Å². The standard InChI is InChI=1S/C23H25N5O2/c1-3-16-4-7-19(8-5-16)28-15-18(13-26-28)17-6-9-21-20(12-17)22(14-25-21)27-23(29)24-10-11-30-2/h4-9,12-15,25H,3,10-11H2,1-2H3,(H2,24,27,29). The van der Waals surface area contributed by atoms with E-state index in [2.05, 4.69) is 58.0 Å². The highest BCUT2D eigenvalue weighted by atomic mass is 16.5. The second-order valence-electron chi connectivity index (χ2n) is 7.03. The summed E-state index contributed by atoms with van der Waals surface area (Å²) >= 11 is 0. The van der Waals surface area contributed by atoms with E-state index in [1.807, 2.05) is 29.2 Å².